The number of carbonyl (C=O) groups is 2. The van der Waals surface area contributed by atoms with E-state index in [4.69, 9.17) is 5.73 Å². The SMILES string of the molecule is CCCC(=O)NCCCCC(N=O)C(N)=O. The van der Waals surface area contributed by atoms with Gasteiger partial charge in [-0.3, -0.25) is 9.59 Å². The normalized spacial score (nSPS) is 11.8. The molecule has 1 unspecified atom stereocenters. The molecule has 0 aliphatic rings. The molecular formula is C10H19N3O3. The molecule has 0 aromatic carbocycles. The minimum Gasteiger partial charge on any atom is -0.368 e. The van der Waals surface area contributed by atoms with Crippen LogP contribution in [-0.2, 0) is 9.59 Å². The van der Waals surface area contributed by atoms with Crippen molar-refractivity contribution in [2.24, 2.45) is 10.9 Å². The van der Waals surface area contributed by atoms with Gasteiger partial charge >= 0.3 is 0 Å². The Kier molecular flexibility index (Phi) is 8.01. The Morgan fingerprint density at radius 2 is 2.06 bits per heavy atom. The van der Waals surface area contributed by atoms with Crippen LogP contribution in [-0.4, -0.2) is 24.4 Å². The average Bonchev–Trinajstić information content (AvgIpc) is 2.23. The van der Waals surface area contributed by atoms with E-state index in [2.05, 4.69) is 10.5 Å². The van der Waals surface area contributed by atoms with Crippen LogP contribution in [0.2, 0.25) is 0 Å². The molecule has 0 bridgehead atoms. The first-order valence-electron chi connectivity index (χ1n) is 5.50. The van der Waals surface area contributed by atoms with Gasteiger partial charge < -0.3 is 11.1 Å². The van der Waals surface area contributed by atoms with Gasteiger partial charge in [-0.2, -0.15) is 0 Å². The van der Waals surface area contributed by atoms with Crippen molar-refractivity contribution in [3.8, 4) is 0 Å². The third kappa shape index (κ3) is 6.92. The van der Waals surface area contributed by atoms with E-state index in [0.29, 0.717) is 25.8 Å². The van der Waals surface area contributed by atoms with E-state index in [1.165, 1.54) is 0 Å². The van der Waals surface area contributed by atoms with Crippen LogP contribution in [0.5, 0.6) is 0 Å². The van der Waals surface area contributed by atoms with Crippen molar-refractivity contribution in [2.45, 2.75) is 45.1 Å². The van der Waals surface area contributed by atoms with E-state index < -0.39 is 11.9 Å². The van der Waals surface area contributed by atoms with E-state index in [1.807, 2.05) is 6.92 Å². The van der Waals surface area contributed by atoms with Crippen molar-refractivity contribution in [1.82, 2.24) is 5.32 Å². The first-order valence-corrected chi connectivity index (χ1v) is 5.50. The number of hydrogen-bond acceptors (Lipinski definition) is 4. The molecule has 0 heterocycles. The van der Waals surface area contributed by atoms with Crippen molar-refractivity contribution in [3.05, 3.63) is 4.91 Å². The number of nitrogens with zero attached hydrogens (tertiary/aromatic N) is 1. The lowest BCUT2D eigenvalue weighted by Crippen LogP contribution is -2.27. The molecule has 6 nitrogen and oxygen atoms in total. The van der Waals surface area contributed by atoms with Gasteiger partial charge in [0.05, 0.1) is 0 Å². The number of primary amides is 1. The number of nitrogens with one attached hydrogen (secondary N) is 1. The molecule has 0 aliphatic carbocycles. The summed E-state index contributed by atoms with van der Waals surface area (Å²) in [7, 11) is 0. The zero-order valence-corrected chi connectivity index (χ0v) is 9.57. The van der Waals surface area contributed by atoms with E-state index in [9.17, 15) is 14.5 Å². The molecule has 0 aliphatic heterocycles. The summed E-state index contributed by atoms with van der Waals surface area (Å²) in [6, 6.07) is -0.939. The highest BCUT2D eigenvalue weighted by atomic mass is 16.3. The zero-order chi connectivity index (χ0) is 12.4. The van der Waals surface area contributed by atoms with Crippen LogP contribution < -0.4 is 11.1 Å². The number of unbranched alkanes of at least 4 members (excludes halogenated alkanes) is 1. The predicted octanol–water partition coefficient (Wildman–Crippen LogP) is 0.693. The Labute approximate surface area is 94.9 Å². The maximum Gasteiger partial charge on any atom is 0.245 e. The van der Waals surface area contributed by atoms with Crippen molar-refractivity contribution < 1.29 is 9.59 Å². The standard InChI is InChI=1S/C10H19N3O3/c1-2-5-9(14)12-7-4-3-6-8(13-16)10(11)15/h8H,2-7H2,1H3,(H2,11,15)(H,12,14). The second-order valence-corrected chi connectivity index (χ2v) is 3.62. The largest absolute Gasteiger partial charge is 0.368 e. The number of rotatable bonds is 9. The van der Waals surface area contributed by atoms with E-state index in [-0.39, 0.29) is 5.91 Å². The minimum atomic E-state index is -0.939. The van der Waals surface area contributed by atoms with Gasteiger partial charge in [-0.15, -0.1) is 4.91 Å². The minimum absolute atomic E-state index is 0.0301. The number of nitroso groups, excluding NO2 is 1. The van der Waals surface area contributed by atoms with Gasteiger partial charge in [-0.25, -0.2) is 0 Å². The van der Waals surface area contributed by atoms with Crippen LogP contribution in [0.1, 0.15) is 39.0 Å². The highest BCUT2D eigenvalue weighted by Crippen LogP contribution is 2.03. The zero-order valence-electron chi connectivity index (χ0n) is 9.57. The summed E-state index contributed by atoms with van der Waals surface area (Å²) in [5, 5.41) is 5.38. The van der Waals surface area contributed by atoms with Crippen LogP contribution in [0.4, 0.5) is 0 Å². The fourth-order valence-corrected chi connectivity index (χ4v) is 1.25. The maximum absolute atomic E-state index is 11.1. The highest BCUT2D eigenvalue weighted by Gasteiger charge is 2.14. The molecule has 0 aromatic rings. The van der Waals surface area contributed by atoms with E-state index >= 15 is 0 Å². The molecule has 2 amide bonds. The second kappa shape index (κ2) is 8.82. The summed E-state index contributed by atoms with van der Waals surface area (Å²) in [6.07, 6.45) is 3.06. The molecule has 0 rings (SSSR count). The molecule has 16 heavy (non-hydrogen) atoms. The van der Waals surface area contributed by atoms with Crippen molar-refractivity contribution in [3.63, 3.8) is 0 Å². The first-order chi connectivity index (χ1) is 7.61. The van der Waals surface area contributed by atoms with Gasteiger partial charge in [0.1, 0.15) is 0 Å². The van der Waals surface area contributed by atoms with E-state index in [0.717, 1.165) is 12.8 Å². The molecule has 0 radical (unpaired) electrons. The van der Waals surface area contributed by atoms with Crippen LogP contribution in [0.25, 0.3) is 0 Å². The van der Waals surface area contributed by atoms with Crippen LogP contribution in [0.3, 0.4) is 0 Å². The summed E-state index contributed by atoms with van der Waals surface area (Å²) in [5.74, 6) is -0.660. The molecule has 0 saturated heterocycles. The van der Waals surface area contributed by atoms with E-state index in [1.54, 1.807) is 0 Å². The molecular weight excluding hydrogens is 210 g/mol. The topological polar surface area (TPSA) is 102 Å². The molecule has 6 heteroatoms. The van der Waals surface area contributed by atoms with Crippen LogP contribution in [0.15, 0.2) is 5.18 Å². The Morgan fingerprint density at radius 1 is 1.38 bits per heavy atom. The van der Waals surface area contributed by atoms with Gasteiger partial charge in [-0.1, -0.05) is 12.1 Å². The van der Waals surface area contributed by atoms with Crippen molar-refractivity contribution in [1.29, 1.82) is 0 Å². The summed E-state index contributed by atoms with van der Waals surface area (Å²) >= 11 is 0. The van der Waals surface area contributed by atoms with Crippen molar-refractivity contribution >= 4 is 11.8 Å². The Hall–Kier alpha value is -1.46. The van der Waals surface area contributed by atoms with Gasteiger partial charge in [0.15, 0.2) is 6.04 Å². The quantitative estimate of drug-likeness (QED) is 0.449. The monoisotopic (exact) mass is 229 g/mol. The van der Waals surface area contributed by atoms with Crippen molar-refractivity contribution in [2.75, 3.05) is 6.54 Å². The first kappa shape index (κ1) is 14.5. The lowest BCUT2D eigenvalue weighted by atomic mass is 10.1. The maximum atomic E-state index is 11.1. The Balaban J connectivity index is 3.49. The third-order valence-corrected chi connectivity index (χ3v) is 2.16. The smallest absolute Gasteiger partial charge is 0.245 e. The fraction of sp³-hybridized carbons (Fsp3) is 0.800. The summed E-state index contributed by atoms with van der Waals surface area (Å²) in [4.78, 5) is 31.9. The lowest BCUT2D eigenvalue weighted by molar-refractivity contribution is -0.121. The fourth-order valence-electron chi connectivity index (χ4n) is 1.25. The Morgan fingerprint density at radius 3 is 2.56 bits per heavy atom. The molecule has 3 N–H and O–H groups in total. The molecule has 92 valence electrons. The predicted molar refractivity (Wildman–Crippen MR) is 60.5 cm³/mol. The van der Waals surface area contributed by atoms with Gasteiger partial charge in [0.2, 0.25) is 11.8 Å². The second-order valence-electron chi connectivity index (χ2n) is 3.62. The molecule has 0 aromatic heterocycles. The number of amides is 2. The summed E-state index contributed by atoms with van der Waals surface area (Å²) in [5.41, 5.74) is 4.95. The Bertz CT molecular complexity index is 243. The number of carbonyl (C=O) groups excluding carboxylic acids is 2. The number of nitrogens with two attached hydrogens (primary N) is 1. The number of hydrogen-bond donors (Lipinski definition) is 2. The van der Waals surface area contributed by atoms with Crippen LogP contribution in [0, 0.1) is 4.91 Å². The summed E-state index contributed by atoms with van der Waals surface area (Å²) < 4.78 is 0. The van der Waals surface area contributed by atoms with Gasteiger partial charge in [0.25, 0.3) is 0 Å². The molecule has 0 spiro atoms. The molecule has 1 atom stereocenters. The average molecular weight is 229 g/mol. The summed E-state index contributed by atoms with van der Waals surface area (Å²) in [6.45, 7) is 2.50. The molecule has 0 fully saturated rings. The molecule has 0 saturated carbocycles. The lowest BCUT2D eigenvalue weighted by Gasteiger charge is -2.05. The van der Waals surface area contributed by atoms with Gasteiger partial charge in [-0.05, 0) is 25.7 Å². The highest BCUT2D eigenvalue weighted by molar-refractivity contribution is 5.79. The van der Waals surface area contributed by atoms with Gasteiger partial charge in [0, 0.05) is 13.0 Å². The third-order valence-electron chi connectivity index (χ3n) is 2.16. The van der Waals surface area contributed by atoms with Crippen LogP contribution >= 0.6 is 0 Å².